The summed E-state index contributed by atoms with van der Waals surface area (Å²) >= 11 is 6.05. The van der Waals surface area contributed by atoms with Crippen LogP contribution in [0.3, 0.4) is 0 Å². The number of aromatic nitrogens is 1. The minimum atomic E-state index is -0.545. The third-order valence-corrected chi connectivity index (χ3v) is 4.21. The van der Waals surface area contributed by atoms with Crippen LogP contribution in [0.25, 0.3) is 0 Å². The van der Waals surface area contributed by atoms with E-state index in [1.54, 1.807) is 11.9 Å². The summed E-state index contributed by atoms with van der Waals surface area (Å²) in [7, 11) is 3.84. The van der Waals surface area contributed by atoms with Crippen LogP contribution in [0.1, 0.15) is 0 Å². The van der Waals surface area contributed by atoms with Gasteiger partial charge in [-0.1, -0.05) is 11.6 Å². The Morgan fingerprint density at radius 3 is 2.70 bits per heavy atom. The fraction of sp³-hybridized carbons (Fsp3) is 0.643. The summed E-state index contributed by atoms with van der Waals surface area (Å²) in [6.45, 7) is 4.82. The lowest BCUT2D eigenvalue weighted by Crippen LogP contribution is -2.48. The molecule has 1 aromatic heterocycles. The van der Waals surface area contributed by atoms with E-state index in [9.17, 15) is 15.2 Å². The van der Waals surface area contributed by atoms with E-state index < -0.39 is 11.0 Å². The molecular weight excluding hydrogens is 322 g/mol. The van der Waals surface area contributed by atoms with Crippen molar-refractivity contribution < 1.29 is 10.0 Å². The van der Waals surface area contributed by atoms with Gasteiger partial charge in [0.25, 0.3) is 5.69 Å². The number of hydrogen-bond donors (Lipinski definition) is 1. The Morgan fingerprint density at radius 2 is 2.13 bits per heavy atom. The van der Waals surface area contributed by atoms with Gasteiger partial charge in [0.15, 0.2) is 0 Å². The number of anilines is 1. The maximum absolute atomic E-state index is 10.7. The van der Waals surface area contributed by atoms with Gasteiger partial charge in [-0.2, -0.15) is 0 Å². The van der Waals surface area contributed by atoms with Crippen LogP contribution in [-0.4, -0.2) is 84.3 Å². The van der Waals surface area contributed by atoms with Gasteiger partial charge in [0, 0.05) is 52.4 Å². The zero-order chi connectivity index (χ0) is 17.0. The molecule has 0 saturated carbocycles. The molecule has 0 spiro atoms. The monoisotopic (exact) mass is 343 g/mol. The number of nitrogens with zero attached hydrogens (tertiary/aromatic N) is 5. The highest BCUT2D eigenvalue weighted by molar-refractivity contribution is 6.33. The van der Waals surface area contributed by atoms with E-state index in [4.69, 9.17) is 11.6 Å². The molecule has 23 heavy (non-hydrogen) atoms. The normalized spacial score (nSPS) is 17.9. The third-order valence-electron chi connectivity index (χ3n) is 3.93. The molecule has 1 saturated heterocycles. The first-order valence-electron chi connectivity index (χ1n) is 7.47. The van der Waals surface area contributed by atoms with Crippen LogP contribution in [0.4, 0.5) is 11.5 Å². The lowest BCUT2D eigenvalue weighted by Gasteiger charge is -2.34. The molecule has 2 heterocycles. The van der Waals surface area contributed by atoms with E-state index in [1.165, 1.54) is 12.3 Å². The Morgan fingerprint density at radius 1 is 1.48 bits per heavy atom. The van der Waals surface area contributed by atoms with Gasteiger partial charge >= 0.3 is 0 Å². The van der Waals surface area contributed by atoms with Crippen molar-refractivity contribution in [2.75, 3.05) is 58.3 Å². The van der Waals surface area contributed by atoms with E-state index in [2.05, 4.69) is 21.8 Å². The summed E-state index contributed by atoms with van der Waals surface area (Å²) in [6, 6.07) is 1.27. The molecule has 0 unspecified atom stereocenters. The minimum Gasteiger partial charge on any atom is -0.390 e. The fourth-order valence-corrected chi connectivity index (χ4v) is 2.90. The second kappa shape index (κ2) is 7.87. The second-order valence-electron chi connectivity index (χ2n) is 5.89. The van der Waals surface area contributed by atoms with Gasteiger partial charge in [0.2, 0.25) is 0 Å². The van der Waals surface area contributed by atoms with Crippen LogP contribution in [0.2, 0.25) is 5.02 Å². The molecule has 0 radical (unpaired) electrons. The van der Waals surface area contributed by atoms with Gasteiger partial charge in [-0.3, -0.25) is 15.0 Å². The van der Waals surface area contributed by atoms with Crippen molar-refractivity contribution in [2.24, 2.45) is 0 Å². The Labute approximate surface area is 140 Å². The molecule has 1 aromatic rings. The maximum Gasteiger partial charge on any atom is 0.289 e. The van der Waals surface area contributed by atoms with E-state index in [0.29, 0.717) is 18.9 Å². The fourth-order valence-electron chi connectivity index (χ4n) is 2.59. The number of nitro groups is 1. The summed E-state index contributed by atoms with van der Waals surface area (Å²) < 4.78 is 0. The smallest absolute Gasteiger partial charge is 0.289 e. The molecule has 2 rings (SSSR count). The zero-order valence-electron chi connectivity index (χ0n) is 13.4. The van der Waals surface area contributed by atoms with Crippen molar-refractivity contribution in [3.63, 3.8) is 0 Å². The van der Waals surface area contributed by atoms with E-state index in [1.807, 2.05) is 0 Å². The standard InChI is InChI=1S/C14H22ClN5O3/c1-17-3-5-19(6-4-17)10-12(21)9-18(2)14-13(15)7-11(8-16-14)20(22)23/h7-8,12,21H,3-6,9-10H2,1-2H3/t12-/m0/s1. The Kier molecular flexibility index (Phi) is 6.11. The molecule has 8 nitrogen and oxygen atoms in total. The van der Waals surface area contributed by atoms with E-state index in [0.717, 1.165) is 26.2 Å². The SMILES string of the molecule is CN1CCN(C[C@@H](O)CN(C)c2ncc([N+](=O)[O-])cc2Cl)CC1. The number of piperazine rings is 1. The molecule has 0 aliphatic carbocycles. The van der Waals surface area contributed by atoms with Gasteiger partial charge in [0.05, 0.1) is 16.0 Å². The van der Waals surface area contributed by atoms with Crippen molar-refractivity contribution in [3.05, 3.63) is 27.4 Å². The Hall–Kier alpha value is -1.48. The van der Waals surface area contributed by atoms with E-state index in [-0.39, 0.29) is 10.7 Å². The molecule has 1 fully saturated rings. The molecule has 1 N–H and O–H groups in total. The second-order valence-corrected chi connectivity index (χ2v) is 6.30. The predicted octanol–water partition coefficient (Wildman–Crippen LogP) is 0.688. The number of pyridine rings is 1. The highest BCUT2D eigenvalue weighted by Gasteiger charge is 2.20. The van der Waals surface area contributed by atoms with Crippen molar-refractivity contribution in [2.45, 2.75) is 6.10 Å². The van der Waals surface area contributed by atoms with Gasteiger partial charge in [0.1, 0.15) is 12.0 Å². The quantitative estimate of drug-likeness (QED) is 0.600. The highest BCUT2D eigenvalue weighted by atomic mass is 35.5. The number of aliphatic hydroxyl groups excluding tert-OH is 1. The first kappa shape index (κ1) is 17.9. The highest BCUT2D eigenvalue weighted by Crippen LogP contribution is 2.26. The van der Waals surface area contributed by atoms with Crippen LogP contribution in [0.5, 0.6) is 0 Å². The van der Waals surface area contributed by atoms with Gasteiger partial charge in [-0.05, 0) is 7.05 Å². The molecule has 128 valence electrons. The molecule has 1 aliphatic heterocycles. The molecule has 0 bridgehead atoms. The zero-order valence-corrected chi connectivity index (χ0v) is 14.1. The van der Waals surface area contributed by atoms with Gasteiger partial charge < -0.3 is 14.9 Å². The molecule has 1 atom stereocenters. The number of rotatable bonds is 6. The van der Waals surface area contributed by atoms with Gasteiger partial charge in [-0.25, -0.2) is 4.98 Å². The number of β-amino-alcohol motifs (C(OH)–C–C–N with tert-alkyl or cyclic N) is 1. The summed E-state index contributed by atoms with van der Waals surface area (Å²) in [6.07, 6.45) is 0.626. The first-order chi connectivity index (χ1) is 10.9. The molecule has 1 aliphatic rings. The largest absolute Gasteiger partial charge is 0.390 e. The van der Waals surface area contributed by atoms with Crippen molar-refractivity contribution >= 4 is 23.1 Å². The molecule has 0 amide bonds. The van der Waals surface area contributed by atoms with Crippen LogP contribution >= 0.6 is 11.6 Å². The van der Waals surface area contributed by atoms with Gasteiger partial charge in [-0.15, -0.1) is 0 Å². The Bertz CT molecular complexity index is 551. The van der Waals surface area contributed by atoms with Crippen LogP contribution < -0.4 is 4.90 Å². The summed E-state index contributed by atoms with van der Waals surface area (Å²) in [5.74, 6) is 0.426. The van der Waals surface area contributed by atoms with Crippen LogP contribution in [0.15, 0.2) is 12.3 Å². The summed E-state index contributed by atoms with van der Waals surface area (Å²) in [5.41, 5.74) is -0.148. The summed E-state index contributed by atoms with van der Waals surface area (Å²) in [4.78, 5) is 20.4. The number of hydrogen-bond acceptors (Lipinski definition) is 7. The maximum atomic E-state index is 10.7. The van der Waals surface area contributed by atoms with Crippen molar-refractivity contribution in [1.82, 2.24) is 14.8 Å². The molecular formula is C14H22ClN5O3. The Balaban J connectivity index is 1.90. The lowest BCUT2D eigenvalue weighted by molar-refractivity contribution is -0.385. The van der Waals surface area contributed by atoms with Crippen LogP contribution in [-0.2, 0) is 0 Å². The topological polar surface area (TPSA) is 86.0 Å². The number of likely N-dealkylation sites (N-methyl/N-ethyl adjacent to an activating group) is 2. The molecule has 9 heteroatoms. The number of aliphatic hydroxyl groups is 1. The average Bonchev–Trinajstić information content (AvgIpc) is 2.49. The van der Waals surface area contributed by atoms with Crippen molar-refractivity contribution in [3.8, 4) is 0 Å². The van der Waals surface area contributed by atoms with Crippen molar-refractivity contribution in [1.29, 1.82) is 0 Å². The van der Waals surface area contributed by atoms with E-state index >= 15 is 0 Å². The molecule has 0 aromatic carbocycles. The third kappa shape index (κ3) is 5.00. The summed E-state index contributed by atoms with van der Waals surface area (Å²) in [5, 5.41) is 21.2. The average molecular weight is 344 g/mol. The van der Waals surface area contributed by atoms with Crippen LogP contribution in [0, 0.1) is 10.1 Å². The minimum absolute atomic E-state index is 0.148. The first-order valence-corrected chi connectivity index (χ1v) is 7.84. The lowest BCUT2D eigenvalue weighted by atomic mass is 10.2. The number of halogens is 1. The predicted molar refractivity (Wildman–Crippen MR) is 89.1 cm³/mol.